The molecular formula is C21H29NO4S. The summed E-state index contributed by atoms with van der Waals surface area (Å²) in [6, 6.07) is 16.6. The standard InChI is InChI=1S/C21H27NO4.H2S/c1-16(23)14-26-15-19(13-18-7-10-20(24)11-8-18)22-21(25)12-9-17-5-3-2-4-6-17;/h2-8,10-11,16,19,23-24H,9,12-15H2,1H3,(H,22,25);1H2. The largest absolute Gasteiger partial charge is 0.508 e. The van der Waals surface area contributed by atoms with Crippen LogP contribution >= 0.6 is 13.5 Å². The zero-order valence-electron chi connectivity index (χ0n) is 15.6. The van der Waals surface area contributed by atoms with E-state index < -0.39 is 6.10 Å². The summed E-state index contributed by atoms with van der Waals surface area (Å²) in [6.07, 6.45) is 1.15. The van der Waals surface area contributed by atoms with Crippen molar-refractivity contribution in [1.29, 1.82) is 0 Å². The fourth-order valence-corrected chi connectivity index (χ4v) is 2.65. The van der Waals surface area contributed by atoms with Gasteiger partial charge in [0.1, 0.15) is 5.75 Å². The van der Waals surface area contributed by atoms with E-state index in [4.69, 9.17) is 4.74 Å². The average Bonchev–Trinajstić information content (AvgIpc) is 2.62. The van der Waals surface area contributed by atoms with Crippen molar-refractivity contribution in [3.8, 4) is 5.75 Å². The lowest BCUT2D eigenvalue weighted by atomic mass is 10.1. The van der Waals surface area contributed by atoms with Crippen molar-refractivity contribution in [2.45, 2.75) is 38.3 Å². The van der Waals surface area contributed by atoms with E-state index in [2.05, 4.69) is 5.32 Å². The fraction of sp³-hybridized carbons (Fsp3) is 0.381. The van der Waals surface area contributed by atoms with Crippen LogP contribution in [0.4, 0.5) is 0 Å². The minimum absolute atomic E-state index is 0. The smallest absolute Gasteiger partial charge is 0.220 e. The number of aliphatic hydroxyl groups excluding tert-OH is 1. The van der Waals surface area contributed by atoms with Crippen molar-refractivity contribution in [3.05, 3.63) is 65.7 Å². The van der Waals surface area contributed by atoms with Crippen LogP contribution < -0.4 is 5.32 Å². The van der Waals surface area contributed by atoms with Gasteiger partial charge in [-0.05, 0) is 43.0 Å². The van der Waals surface area contributed by atoms with Gasteiger partial charge in [-0.25, -0.2) is 0 Å². The van der Waals surface area contributed by atoms with Crippen molar-refractivity contribution >= 4 is 19.4 Å². The van der Waals surface area contributed by atoms with Gasteiger partial charge in [-0.15, -0.1) is 0 Å². The molecule has 3 N–H and O–H groups in total. The number of ether oxygens (including phenoxy) is 1. The first-order valence-corrected chi connectivity index (χ1v) is 8.90. The molecule has 5 nitrogen and oxygen atoms in total. The molecule has 0 saturated carbocycles. The molecule has 0 bridgehead atoms. The van der Waals surface area contributed by atoms with Gasteiger partial charge in [0.2, 0.25) is 5.91 Å². The molecule has 2 aromatic carbocycles. The number of carbonyl (C=O) groups excluding carboxylic acids is 1. The maximum atomic E-state index is 12.3. The van der Waals surface area contributed by atoms with E-state index in [1.807, 2.05) is 42.5 Å². The Kier molecular flexibility index (Phi) is 10.6. The van der Waals surface area contributed by atoms with E-state index in [1.54, 1.807) is 19.1 Å². The van der Waals surface area contributed by atoms with E-state index in [-0.39, 0.29) is 37.8 Å². The van der Waals surface area contributed by atoms with E-state index in [1.165, 1.54) is 0 Å². The molecule has 148 valence electrons. The number of nitrogens with one attached hydrogen (secondary N) is 1. The van der Waals surface area contributed by atoms with E-state index in [0.29, 0.717) is 25.9 Å². The van der Waals surface area contributed by atoms with Gasteiger partial charge in [-0.2, -0.15) is 13.5 Å². The number of carbonyl (C=O) groups is 1. The second-order valence-corrected chi connectivity index (χ2v) is 6.51. The summed E-state index contributed by atoms with van der Waals surface area (Å²) >= 11 is 0. The number of aryl methyl sites for hydroxylation is 1. The van der Waals surface area contributed by atoms with Crippen LogP contribution in [0.1, 0.15) is 24.5 Å². The lowest BCUT2D eigenvalue weighted by molar-refractivity contribution is -0.122. The quantitative estimate of drug-likeness (QED) is 0.582. The Bertz CT molecular complexity index is 662. The van der Waals surface area contributed by atoms with Crippen molar-refractivity contribution in [3.63, 3.8) is 0 Å². The number of hydrogen-bond acceptors (Lipinski definition) is 4. The molecule has 0 aromatic heterocycles. The molecule has 0 aliphatic rings. The highest BCUT2D eigenvalue weighted by Crippen LogP contribution is 2.12. The van der Waals surface area contributed by atoms with Crippen LogP contribution in [-0.4, -0.2) is 41.5 Å². The van der Waals surface area contributed by atoms with Crippen LogP contribution in [0.25, 0.3) is 0 Å². The van der Waals surface area contributed by atoms with Crippen molar-refractivity contribution in [2.24, 2.45) is 0 Å². The Morgan fingerprint density at radius 1 is 1.04 bits per heavy atom. The fourth-order valence-electron chi connectivity index (χ4n) is 2.65. The molecular weight excluding hydrogens is 362 g/mol. The zero-order chi connectivity index (χ0) is 18.8. The maximum absolute atomic E-state index is 12.3. The van der Waals surface area contributed by atoms with Crippen LogP contribution in [0.3, 0.4) is 0 Å². The summed E-state index contributed by atoms with van der Waals surface area (Å²) in [4.78, 5) is 12.3. The minimum Gasteiger partial charge on any atom is -0.508 e. The normalized spacial score (nSPS) is 12.7. The number of hydrogen-bond donors (Lipinski definition) is 3. The molecule has 6 heteroatoms. The summed E-state index contributed by atoms with van der Waals surface area (Å²) in [5, 5.41) is 21.7. The first-order valence-electron chi connectivity index (χ1n) is 8.90. The van der Waals surface area contributed by atoms with Gasteiger partial charge in [-0.1, -0.05) is 42.5 Å². The van der Waals surface area contributed by atoms with Crippen molar-refractivity contribution in [1.82, 2.24) is 5.32 Å². The predicted octanol–water partition coefficient (Wildman–Crippen LogP) is 2.56. The van der Waals surface area contributed by atoms with Crippen LogP contribution in [0.5, 0.6) is 5.75 Å². The zero-order valence-corrected chi connectivity index (χ0v) is 16.6. The van der Waals surface area contributed by atoms with E-state index >= 15 is 0 Å². The molecule has 2 unspecified atom stereocenters. The summed E-state index contributed by atoms with van der Waals surface area (Å²) in [5.41, 5.74) is 2.12. The van der Waals surface area contributed by atoms with Crippen LogP contribution in [0.15, 0.2) is 54.6 Å². The molecule has 1 amide bonds. The first-order chi connectivity index (χ1) is 12.5. The molecule has 2 aromatic rings. The Hall–Kier alpha value is -2.02. The number of rotatable bonds is 10. The van der Waals surface area contributed by atoms with Gasteiger partial charge in [0.15, 0.2) is 0 Å². The summed E-state index contributed by atoms with van der Waals surface area (Å²) < 4.78 is 5.50. The van der Waals surface area contributed by atoms with Crippen LogP contribution in [-0.2, 0) is 22.4 Å². The van der Waals surface area contributed by atoms with Gasteiger partial charge in [-0.3, -0.25) is 4.79 Å². The minimum atomic E-state index is -0.543. The molecule has 0 radical (unpaired) electrons. The van der Waals surface area contributed by atoms with Gasteiger partial charge in [0.05, 0.1) is 25.4 Å². The summed E-state index contributed by atoms with van der Waals surface area (Å²) in [7, 11) is 0. The number of phenols is 1. The molecule has 0 aliphatic heterocycles. The Morgan fingerprint density at radius 3 is 2.33 bits per heavy atom. The van der Waals surface area contributed by atoms with Gasteiger partial charge in [0, 0.05) is 6.42 Å². The Balaban J connectivity index is 0.00000364. The number of aromatic hydroxyl groups is 1. The third-order valence-electron chi connectivity index (χ3n) is 3.95. The Morgan fingerprint density at radius 2 is 1.70 bits per heavy atom. The first kappa shape index (κ1) is 23.0. The highest BCUT2D eigenvalue weighted by Gasteiger charge is 2.14. The highest BCUT2D eigenvalue weighted by molar-refractivity contribution is 7.59. The van der Waals surface area contributed by atoms with Gasteiger partial charge < -0.3 is 20.3 Å². The van der Waals surface area contributed by atoms with E-state index in [9.17, 15) is 15.0 Å². The summed E-state index contributed by atoms with van der Waals surface area (Å²) in [6.45, 7) is 2.21. The number of amides is 1. The van der Waals surface area contributed by atoms with Crippen molar-refractivity contribution in [2.75, 3.05) is 13.2 Å². The molecule has 0 saturated heterocycles. The monoisotopic (exact) mass is 391 g/mol. The molecule has 0 aliphatic carbocycles. The van der Waals surface area contributed by atoms with Gasteiger partial charge in [0.25, 0.3) is 0 Å². The highest BCUT2D eigenvalue weighted by atomic mass is 32.1. The molecule has 0 fully saturated rings. The maximum Gasteiger partial charge on any atom is 0.220 e. The number of benzene rings is 2. The molecule has 0 heterocycles. The lowest BCUT2D eigenvalue weighted by Gasteiger charge is -2.20. The third-order valence-corrected chi connectivity index (χ3v) is 3.95. The third kappa shape index (κ3) is 9.47. The SMILES string of the molecule is CC(O)COCC(Cc1ccc(O)cc1)NC(=O)CCc1ccccc1.S. The van der Waals surface area contributed by atoms with Crippen LogP contribution in [0.2, 0.25) is 0 Å². The van der Waals surface area contributed by atoms with Crippen molar-refractivity contribution < 1.29 is 19.7 Å². The number of phenolic OH excluding ortho intramolecular Hbond substituents is 1. The Labute approximate surface area is 167 Å². The van der Waals surface area contributed by atoms with E-state index in [0.717, 1.165) is 11.1 Å². The molecule has 0 spiro atoms. The molecule has 27 heavy (non-hydrogen) atoms. The molecule has 2 atom stereocenters. The second kappa shape index (κ2) is 12.4. The average molecular weight is 392 g/mol. The topological polar surface area (TPSA) is 78.8 Å². The lowest BCUT2D eigenvalue weighted by Crippen LogP contribution is -2.40. The van der Waals surface area contributed by atoms with Crippen LogP contribution in [0, 0.1) is 0 Å². The molecule has 2 rings (SSSR count). The predicted molar refractivity (Wildman–Crippen MR) is 111 cm³/mol. The number of aliphatic hydroxyl groups is 1. The second-order valence-electron chi connectivity index (χ2n) is 6.51. The van der Waals surface area contributed by atoms with Gasteiger partial charge >= 0.3 is 0 Å². The summed E-state index contributed by atoms with van der Waals surface area (Å²) in [5.74, 6) is 0.181.